The summed E-state index contributed by atoms with van der Waals surface area (Å²) in [7, 11) is 0. The molecule has 4 heterocycles. The molecule has 0 aliphatic heterocycles. The molecule has 0 amide bonds. The molecule has 5 aliphatic carbocycles. The van der Waals surface area contributed by atoms with Crippen LogP contribution in [0.5, 0.6) is 0 Å². The first-order valence-corrected chi connectivity index (χ1v) is 14.6. The van der Waals surface area contributed by atoms with Crippen LogP contribution in [0.3, 0.4) is 0 Å². The van der Waals surface area contributed by atoms with Gasteiger partial charge in [-0.2, -0.15) is 4.80 Å². The van der Waals surface area contributed by atoms with E-state index >= 15 is 0 Å². The third kappa shape index (κ3) is 2.86. The summed E-state index contributed by atoms with van der Waals surface area (Å²) in [5.41, 5.74) is 2.86. The highest BCUT2D eigenvalue weighted by Crippen LogP contribution is 2.64. The van der Waals surface area contributed by atoms with Crippen LogP contribution in [0.15, 0.2) is 12.7 Å². The Morgan fingerprint density at radius 2 is 2.00 bits per heavy atom. The van der Waals surface area contributed by atoms with Crippen LogP contribution in [-0.4, -0.2) is 39.8 Å². The van der Waals surface area contributed by atoms with E-state index in [4.69, 9.17) is 15.1 Å². The predicted octanol–water partition coefficient (Wildman–Crippen LogP) is 5.11. The van der Waals surface area contributed by atoms with Crippen LogP contribution in [0.4, 0.5) is 0 Å². The zero-order valence-corrected chi connectivity index (χ0v) is 22.3. The Hall–Kier alpha value is -2.42. The largest absolute Gasteiger partial charge is 0.225 e. The van der Waals surface area contributed by atoms with E-state index in [1.165, 1.54) is 54.4 Å². The second-order valence-corrected chi connectivity index (χ2v) is 14.2. The van der Waals surface area contributed by atoms with Crippen molar-refractivity contribution in [3.8, 4) is 0 Å². The number of aromatic nitrogens is 8. The molecule has 36 heavy (non-hydrogen) atoms. The summed E-state index contributed by atoms with van der Waals surface area (Å²) < 4.78 is 1.98. The SMILES string of the molecule is CCC(C)(C)[C@H]1CCc2c(sc3ncn4nc(C56C[C@H]7C[C@@H](C5)CC(n5ncnn5)(C7)C6)nc4c23)C1. The van der Waals surface area contributed by atoms with Crippen molar-refractivity contribution < 1.29 is 0 Å². The van der Waals surface area contributed by atoms with E-state index in [-0.39, 0.29) is 11.0 Å². The first-order valence-electron chi connectivity index (χ1n) is 13.8. The maximum absolute atomic E-state index is 5.36. The Morgan fingerprint density at radius 1 is 1.17 bits per heavy atom. The van der Waals surface area contributed by atoms with Crippen LogP contribution < -0.4 is 0 Å². The van der Waals surface area contributed by atoms with E-state index < -0.39 is 0 Å². The zero-order chi connectivity index (χ0) is 24.3. The van der Waals surface area contributed by atoms with Crippen molar-refractivity contribution in [2.75, 3.05) is 0 Å². The molecule has 9 heteroatoms. The van der Waals surface area contributed by atoms with Gasteiger partial charge in [-0.1, -0.05) is 27.2 Å². The molecule has 4 aromatic heterocycles. The van der Waals surface area contributed by atoms with Crippen molar-refractivity contribution in [3.05, 3.63) is 28.9 Å². The van der Waals surface area contributed by atoms with Gasteiger partial charge in [-0.25, -0.2) is 14.5 Å². The van der Waals surface area contributed by atoms with Gasteiger partial charge >= 0.3 is 0 Å². The highest BCUT2D eigenvalue weighted by Gasteiger charge is 2.61. The lowest BCUT2D eigenvalue weighted by Gasteiger charge is -2.60. The van der Waals surface area contributed by atoms with E-state index in [0.717, 1.165) is 47.9 Å². The number of hydrogen-bond donors (Lipinski definition) is 0. The van der Waals surface area contributed by atoms with E-state index in [1.54, 1.807) is 6.33 Å². The summed E-state index contributed by atoms with van der Waals surface area (Å²) in [4.78, 5) is 14.8. The fourth-order valence-electron chi connectivity index (χ4n) is 8.85. The average Bonchev–Trinajstić information content (AvgIpc) is 3.61. The van der Waals surface area contributed by atoms with Crippen molar-refractivity contribution in [3.63, 3.8) is 0 Å². The lowest BCUT2D eigenvalue weighted by atomic mass is 9.46. The van der Waals surface area contributed by atoms with Crippen molar-refractivity contribution >= 4 is 27.2 Å². The van der Waals surface area contributed by atoms with E-state index in [2.05, 4.69) is 36.2 Å². The molecule has 5 atom stereocenters. The van der Waals surface area contributed by atoms with Gasteiger partial charge in [-0.3, -0.25) is 0 Å². The molecule has 8 nitrogen and oxygen atoms in total. The molecule has 0 aromatic carbocycles. The Morgan fingerprint density at radius 3 is 2.75 bits per heavy atom. The van der Waals surface area contributed by atoms with Gasteiger partial charge in [0.1, 0.15) is 11.2 Å². The van der Waals surface area contributed by atoms with Crippen molar-refractivity contribution in [1.29, 1.82) is 0 Å². The van der Waals surface area contributed by atoms with Gasteiger partial charge in [-0.15, -0.1) is 26.6 Å². The molecule has 2 unspecified atom stereocenters. The first kappa shape index (κ1) is 21.6. The van der Waals surface area contributed by atoms with Gasteiger partial charge in [0.15, 0.2) is 17.8 Å². The van der Waals surface area contributed by atoms with Crippen LogP contribution in [-0.2, 0) is 23.8 Å². The van der Waals surface area contributed by atoms with Crippen molar-refractivity contribution in [2.45, 2.75) is 95.9 Å². The Kier molecular flexibility index (Phi) is 4.28. The lowest BCUT2D eigenvalue weighted by Crippen LogP contribution is -2.59. The maximum atomic E-state index is 5.36. The monoisotopic (exact) mass is 502 g/mol. The van der Waals surface area contributed by atoms with Crippen LogP contribution in [0.2, 0.25) is 0 Å². The van der Waals surface area contributed by atoms with Crippen LogP contribution >= 0.6 is 11.3 Å². The number of nitrogens with zero attached hydrogens (tertiary/aromatic N) is 8. The summed E-state index contributed by atoms with van der Waals surface area (Å²) in [6, 6.07) is 0. The van der Waals surface area contributed by atoms with Gasteiger partial charge < -0.3 is 0 Å². The molecule has 0 saturated heterocycles. The molecule has 188 valence electrons. The summed E-state index contributed by atoms with van der Waals surface area (Å²) in [6.45, 7) is 7.20. The average molecular weight is 503 g/mol. The van der Waals surface area contributed by atoms with Gasteiger partial charge in [0, 0.05) is 10.3 Å². The molecule has 9 rings (SSSR count). The molecule has 5 aliphatic rings. The molecule has 0 N–H and O–H groups in total. The second-order valence-electron chi connectivity index (χ2n) is 13.1. The molecule has 4 saturated carbocycles. The van der Waals surface area contributed by atoms with Crippen LogP contribution in [0, 0.1) is 23.2 Å². The third-order valence-corrected chi connectivity index (χ3v) is 11.8. The number of fused-ring (bicyclic) bond motifs is 5. The molecule has 4 aromatic rings. The van der Waals surface area contributed by atoms with Gasteiger partial charge in [0.25, 0.3) is 0 Å². The van der Waals surface area contributed by atoms with Gasteiger partial charge in [-0.05, 0) is 91.7 Å². The van der Waals surface area contributed by atoms with Crippen molar-refractivity contribution in [2.24, 2.45) is 23.2 Å². The number of rotatable bonds is 4. The fraction of sp³-hybridized carbons (Fsp3) is 0.704. The smallest absolute Gasteiger partial charge is 0.167 e. The predicted molar refractivity (Wildman–Crippen MR) is 138 cm³/mol. The van der Waals surface area contributed by atoms with Gasteiger partial charge in [0.2, 0.25) is 0 Å². The highest BCUT2D eigenvalue weighted by molar-refractivity contribution is 7.19. The summed E-state index contributed by atoms with van der Waals surface area (Å²) in [6.07, 6.45) is 15.3. The van der Waals surface area contributed by atoms with Gasteiger partial charge in [0.05, 0.1) is 10.9 Å². The Balaban J connectivity index is 1.23. The Bertz CT molecular complexity index is 1470. The minimum atomic E-state index is -0.0335. The maximum Gasteiger partial charge on any atom is 0.167 e. The molecular weight excluding hydrogens is 468 g/mol. The summed E-state index contributed by atoms with van der Waals surface area (Å²) in [5, 5.41) is 19.4. The molecule has 4 bridgehead atoms. The zero-order valence-electron chi connectivity index (χ0n) is 21.4. The third-order valence-electron chi connectivity index (χ3n) is 10.7. The minimum absolute atomic E-state index is 0.00237. The molecule has 0 spiro atoms. The second kappa shape index (κ2) is 7.11. The normalized spacial score (nSPS) is 33.6. The first-order chi connectivity index (χ1) is 17.4. The van der Waals surface area contributed by atoms with Crippen LogP contribution in [0.1, 0.15) is 88.4 Å². The topological polar surface area (TPSA) is 86.7 Å². The molecular formula is C27H34N8S. The standard InChI is InChI=1S/C27H34N8S/c1-4-25(2,3)18-5-6-19-20(8-18)36-23-21(19)22-31-24(32-34(22)15-28-23)26-9-16-7-17(10-26)12-27(11-16,13-26)35-30-14-29-33-35/h14-18H,4-13H2,1-3H3/t16-,17+,18-,26?,27?/m0/s1. The molecule has 0 radical (unpaired) electrons. The minimum Gasteiger partial charge on any atom is -0.225 e. The quantitative estimate of drug-likeness (QED) is 0.385. The number of aryl methyl sites for hydroxylation is 1. The fourth-order valence-corrected chi connectivity index (χ4v) is 10.1. The summed E-state index contributed by atoms with van der Waals surface area (Å²) in [5.74, 6) is 3.14. The van der Waals surface area contributed by atoms with Crippen LogP contribution in [0.25, 0.3) is 15.9 Å². The number of thiophene rings is 1. The van der Waals surface area contributed by atoms with Crippen molar-refractivity contribution in [1.82, 2.24) is 39.8 Å². The Labute approximate surface area is 214 Å². The highest BCUT2D eigenvalue weighted by atomic mass is 32.1. The lowest BCUT2D eigenvalue weighted by molar-refractivity contribution is -0.0785. The number of tetrazole rings is 1. The molecule has 4 fully saturated rings. The van der Waals surface area contributed by atoms with E-state index in [0.29, 0.717) is 17.3 Å². The summed E-state index contributed by atoms with van der Waals surface area (Å²) >= 11 is 1.89. The van der Waals surface area contributed by atoms with E-state index in [9.17, 15) is 0 Å². The van der Waals surface area contributed by atoms with E-state index in [1.807, 2.05) is 27.0 Å². The number of hydrogen-bond acceptors (Lipinski definition) is 7.